The first kappa shape index (κ1) is 12.4. The Hall–Kier alpha value is -2.08. The molecule has 96 valence electrons. The van der Waals surface area contributed by atoms with Crippen molar-refractivity contribution in [3.8, 4) is 11.5 Å². The van der Waals surface area contributed by atoms with E-state index in [4.69, 9.17) is 9.15 Å². The molecule has 2 aromatic heterocycles. The monoisotopic (exact) mass is 249 g/mol. The number of carbonyl (C=O) groups excluding carboxylic acids is 1. The maximum absolute atomic E-state index is 11.8. The van der Waals surface area contributed by atoms with E-state index >= 15 is 0 Å². The molecule has 2 aromatic rings. The third-order valence-electron chi connectivity index (χ3n) is 2.39. The van der Waals surface area contributed by atoms with E-state index in [0.29, 0.717) is 23.8 Å². The zero-order valence-electron chi connectivity index (χ0n) is 10.3. The molecule has 6 nitrogen and oxygen atoms in total. The van der Waals surface area contributed by atoms with Crippen molar-refractivity contribution in [3.05, 3.63) is 30.2 Å². The van der Waals surface area contributed by atoms with Crippen molar-refractivity contribution >= 4 is 5.91 Å². The highest BCUT2D eigenvalue weighted by Crippen LogP contribution is 2.17. The summed E-state index contributed by atoms with van der Waals surface area (Å²) in [6.45, 7) is 2.32. The second-order valence-electron chi connectivity index (χ2n) is 3.97. The average Bonchev–Trinajstić information content (AvgIpc) is 3.00. The number of aromatic amines is 1. The summed E-state index contributed by atoms with van der Waals surface area (Å²) in [7, 11) is 1.59. The number of nitrogens with zero attached hydrogens (tertiary/aromatic N) is 1. The highest BCUT2D eigenvalue weighted by molar-refractivity contribution is 5.93. The van der Waals surface area contributed by atoms with Crippen molar-refractivity contribution in [2.45, 2.75) is 13.0 Å². The molecule has 0 radical (unpaired) electrons. The molecule has 1 atom stereocenters. The Balaban J connectivity index is 2.04. The molecule has 2 heterocycles. The van der Waals surface area contributed by atoms with Gasteiger partial charge in [-0.15, -0.1) is 0 Å². The molecule has 0 aliphatic carbocycles. The number of aromatic nitrogens is 2. The standard InChI is InChI=1S/C12H15N3O3/c1-8(7-17-2)13-12(16)10-6-9(14-15-10)11-4-3-5-18-11/h3-6,8H,7H2,1-2H3,(H,13,16)(H,14,15)/t8-/m1/s1. The van der Waals surface area contributed by atoms with Gasteiger partial charge in [-0.1, -0.05) is 0 Å². The lowest BCUT2D eigenvalue weighted by atomic mass is 10.2. The molecule has 0 aromatic carbocycles. The van der Waals surface area contributed by atoms with E-state index in [0.717, 1.165) is 0 Å². The molecular formula is C12H15N3O3. The molecule has 2 rings (SSSR count). The number of furan rings is 1. The van der Waals surface area contributed by atoms with Crippen LogP contribution in [-0.4, -0.2) is 35.9 Å². The largest absolute Gasteiger partial charge is 0.463 e. The first-order valence-electron chi connectivity index (χ1n) is 5.60. The lowest BCUT2D eigenvalue weighted by Crippen LogP contribution is -2.35. The summed E-state index contributed by atoms with van der Waals surface area (Å²) in [6.07, 6.45) is 1.57. The van der Waals surface area contributed by atoms with Gasteiger partial charge < -0.3 is 14.5 Å². The molecule has 0 aliphatic heterocycles. The summed E-state index contributed by atoms with van der Waals surface area (Å²) in [5.41, 5.74) is 0.994. The van der Waals surface area contributed by atoms with E-state index in [1.807, 2.05) is 6.92 Å². The van der Waals surface area contributed by atoms with Crippen LogP contribution in [-0.2, 0) is 4.74 Å². The number of methoxy groups -OCH3 is 1. The molecule has 0 fully saturated rings. The van der Waals surface area contributed by atoms with Crippen LogP contribution in [0.4, 0.5) is 0 Å². The van der Waals surface area contributed by atoms with Crippen LogP contribution in [0.15, 0.2) is 28.9 Å². The molecule has 2 N–H and O–H groups in total. The van der Waals surface area contributed by atoms with Crippen molar-refractivity contribution in [1.82, 2.24) is 15.5 Å². The Morgan fingerprint density at radius 1 is 1.67 bits per heavy atom. The number of rotatable bonds is 5. The Labute approximate surface area is 104 Å². The Morgan fingerprint density at radius 2 is 2.50 bits per heavy atom. The van der Waals surface area contributed by atoms with E-state index in [1.165, 1.54) is 0 Å². The van der Waals surface area contributed by atoms with Gasteiger partial charge in [-0.05, 0) is 19.1 Å². The highest BCUT2D eigenvalue weighted by Gasteiger charge is 2.14. The normalized spacial score (nSPS) is 12.3. The lowest BCUT2D eigenvalue weighted by molar-refractivity contribution is 0.0900. The predicted molar refractivity (Wildman–Crippen MR) is 65.1 cm³/mol. The smallest absolute Gasteiger partial charge is 0.272 e. The first-order chi connectivity index (χ1) is 8.70. The second-order valence-corrected chi connectivity index (χ2v) is 3.97. The molecule has 0 bridgehead atoms. The van der Waals surface area contributed by atoms with Gasteiger partial charge in [0.15, 0.2) is 11.5 Å². The zero-order valence-corrected chi connectivity index (χ0v) is 10.3. The lowest BCUT2D eigenvalue weighted by Gasteiger charge is -2.10. The van der Waals surface area contributed by atoms with Crippen LogP contribution >= 0.6 is 0 Å². The van der Waals surface area contributed by atoms with Crippen LogP contribution < -0.4 is 5.32 Å². The third kappa shape index (κ3) is 2.78. The van der Waals surface area contributed by atoms with E-state index in [-0.39, 0.29) is 11.9 Å². The van der Waals surface area contributed by atoms with Crippen LogP contribution in [0.25, 0.3) is 11.5 Å². The van der Waals surface area contributed by atoms with Crippen LogP contribution in [0.1, 0.15) is 17.4 Å². The number of hydrogen-bond acceptors (Lipinski definition) is 4. The van der Waals surface area contributed by atoms with Gasteiger partial charge in [-0.25, -0.2) is 0 Å². The fraction of sp³-hybridized carbons (Fsp3) is 0.333. The molecular weight excluding hydrogens is 234 g/mol. The van der Waals surface area contributed by atoms with Gasteiger partial charge in [0.05, 0.1) is 12.9 Å². The molecule has 0 saturated carbocycles. The fourth-order valence-electron chi connectivity index (χ4n) is 1.59. The molecule has 0 spiro atoms. The molecule has 0 aliphatic rings. The summed E-state index contributed by atoms with van der Waals surface area (Å²) in [5, 5.41) is 9.48. The number of hydrogen-bond donors (Lipinski definition) is 2. The predicted octanol–water partition coefficient (Wildman–Crippen LogP) is 1.43. The van der Waals surface area contributed by atoms with Crippen molar-refractivity contribution < 1.29 is 13.9 Å². The van der Waals surface area contributed by atoms with Crippen LogP contribution in [0.2, 0.25) is 0 Å². The first-order valence-corrected chi connectivity index (χ1v) is 5.60. The maximum Gasteiger partial charge on any atom is 0.272 e. The van der Waals surface area contributed by atoms with Crippen molar-refractivity contribution in [2.75, 3.05) is 13.7 Å². The molecule has 6 heteroatoms. The van der Waals surface area contributed by atoms with Gasteiger partial charge in [-0.2, -0.15) is 5.10 Å². The Bertz CT molecular complexity index is 504. The minimum absolute atomic E-state index is 0.0636. The van der Waals surface area contributed by atoms with Gasteiger partial charge in [0.2, 0.25) is 0 Å². The van der Waals surface area contributed by atoms with E-state index in [9.17, 15) is 4.79 Å². The number of carbonyl (C=O) groups is 1. The van der Waals surface area contributed by atoms with E-state index in [1.54, 1.807) is 31.6 Å². The summed E-state index contributed by atoms with van der Waals surface area (Å²) in [6, 6.07) is 5.15. The van der Waals surface area contributed by atoms with Gasteiger partial charge in [0, 0.05) is 19.2 Å². The summed E-state index contributed by atoms with van der Waals surface area (Å²) < 4.78 is 10.2. The highest BCUT2D eigenvalue weighted by atomic mass is 16.5. The second kappa shape index (κ2) is 5.50. The van der Waals surface area contributed by atoms with Gasteiger partial charge in [0.1, 0.15) is 5.69 Å². The van der Waals surface area contributed by atoms with Gasteiger partial charge in [0.25, 0.3) is 5.91 Å². The number of nitrogens with one attached hydrogen (secondary N) is 2. The molecule has 18 heavy (non-hydrogen) atoms. The van der Waals surface area contributed by atoms with E-state index in [2.05, 4.69) is 15.5 Å². The summed E-state index contributed by atoms with van der Waals surface area (Å²) in [4.78, 5) is 11.8. The van der Waals surface area contributed by atoms with Gasteiger partial charge in [-0.3, -0.25) is 9.89 Å². The maximum atomic E-state index is 11.8. The van der Waals surface area contributed by atoms with Gasteiger partial charge >= 0.3 is 0 Å². The van der Waals surface area contributed by atoms with E-state index < -0.39 is 0 Å². The quantitative estimate of drug-likeness (QED) is 0.840. The van der Waals surface area contributed by atoms with Crippen LogP contribution in [0.5, 0.6) is 0 Å². The number of amides is 1. The molecule has 1 amide bonds. The Morgan fingerprint density at radius 3 is 3.17 bits per heavy atom. The average molecular weight is 249 g/mol. The topological polar surface area (TPSA) is 80.1 Å². The van der Waals surface area contributed by atoms with Crippen molar-refractivity contribution in [2.24, 2.45) is 0 Å². The van der Waals surface area contributed by atoms with Crippen molar-refractivity contribution in [3.63, 3.8) is 0 Å². The minimum Gasteiger partial charge on any atom is -0.463 e. The molecule has 0 unspecified atom stereocenters. The summed E-state index contributed by atoms with van der Waals surface area (Å²) in [5.74, 6) is 0.403. The number of H-pyrrole nitrogens is 1. The minimum atomic E-state index is -0.242. The Kier molecular flexibility index (Phi) is 3.78. The van der Waals surface area contributed by atoms with Crippen LogP contribution in [0.3, 0.4) is 0 Å². The molecule has 0 saturated heterocycles. The van der Waals surface area contributed by atoms with Crippen LogP contribution in [0, 0.1) is 0 Å². The zero-order chi connectivity index (χ0) is 13.0. The third-order valence-corrected chi connectivity index (χ3v) is 2.39. The summed E-state index contributed by atoms with van der Waals surface area (Å²) >= 11 is 0. The SMILES string of the molecule is COC[C@@H](C)NC(=O)c1cc(-c2ccco2)[nH]n1. The fourth-order valence-corrected chi connectivity index (χ4v) is 1.59. The van der Waals surface area contributed by atoms with Crippen molar-refractivity contribution in [1.29, 1.82) is 0 Å². The number of ether oxygens (including phenoxy) is 1.